The third-order valence-electron chi connectivity index (χ3n) is 5.62. The van der Waals surface area contributed by atoms with Crippen LogP contribution in [0, 0.1) is 11.8 Å². The maximum atomic E-state index is 5.42. The van der Waals surface area contributed by atoms with Crippen LogP contribution in [0.4, 0.5) is 17.3 Å². The van der Waals surface area contributed by atoms with Gasteiger partial charge in [-0.1, -0.05) is 18.2 Å². The highest BCUT2D eigenvalue weighted by Crippen LogP contribution is 2.48. The van der Waals surface area contributed by atoms with Gasteiger partial charge in [0.15, 0.2) is 0 Å². The average molecular weight is 337 g/mol. The predicted molar refractivity (Wildman–Crippen MR) is 98.1 cm³/mol. The number of anilines is 3. The molecule has 1 aromatic heterocycles. The number of para-hydroxylation sites is 1. The SMILES string of the molecule is c1ccc(N2C[C@@H]3C(Nc4cc(N5CCOCC5)ncn4)[C@@H]3C2)cc1. The summed E-state index contributed by atoms with van der Waals surface area (Å²) >= 11 is 0. The largest absolute Gasteiger partial charge is 0.378 e. The van der Waals surface area contributed by atoms with E-state index in [2.05, 4.69) is 61.5 Å². The van der Waals surface area contributed by atoms with Crippen LogP contribution in [-0.4, -0.2) is 55.4 Å². The van der Waals surface area contributed by atoms with E-state index in [-0.39, 0.29) is 0 Å². The van der Waals surface area contributed by atoms with Crippen LogP contribution < -0.4 is 15.1 Å². The summed E-state index contributed by atoms with van der Waals surface area (Å²) < 4.78 is 5.42. The molecule has 1 unspecified atom stereocenters. The molecule has 25 heavy (non-hydrogen) atoms. The summed E-state index contributed by atoms with van der Waals surface area (Å²) in [6.07, 6.45) is 1.67. The van der Waals surface area contributed by atoms with Gasteiger partial charge in [0.1, 0.15) is 18.0 Å². The van der Waals surface area contributed by atoms with Crippen molar-refractivity contribution >= 4 is 17.3 Å². The number of hydrogen-bond donors (Lipinski definition) is 1. The molecule has 3 atom stereocenters. The minimum atomic E-state index is 0.549. The summed E-state index contributed by atoms with van der Waals surface area (Å²) in [5, 5.41) is 3.63. The zero-order valence-electron chi connectivity index (χ0n) is 14.2. The highest BCUT2D eigenvalue weighted by Gasteiger charge is 2.56. The fourth-order valence-electron chi connectivity index (χ4n) is 4.15. The van der Waals surface area contributed by atoms with Crippen molar-refractivity contribution in [3.05, 3.63) is 42.7 Å². The van der Waals surface area contributed by atoms with Crippen LogP contribution in [-0.2, 0) is 4.74 Å². The fourth-order valence-corrected chi connectivity index (χ4v) is 4.15. The quantitative estimate of drug-likeness (QED) is 0.919. The Kier molecular flexibility index (Phi) is 3.70. The number of ether oxygens (including phenoxy) is 1. The molecule has 0 radical (unpaired) electrons. The van der Waals surface area contributed by atoms with Crippen molar-refractivity contribution in [1.82, 2.24) is 9.97 Å². The molecule has 1 N–H and O–H groups in total. The summed E-state index contributed by atoms with van der Waals surface area (Å²) in [6, 6.07) is 13.3. The summed E-state index contributed by atoms with van der Waals surface area (Å²) in [4.78, 5) is 13.6. The van der Waals surface area contributed by atoms with Crippen LogP contribution in [0.3, 0.4) is 0 Å². The van der Waals surface area contributed by atoms with Gasteiger partial charge in [-0.3, -0.25) is 0 Å². The van der Waals surface area contributed by atoms with Crippen molar-refractivity contribution in [2.45, 2.75) is 6.04 Å². The Labute approximate surface area is 147 Å². The van der Waals surface area contributed by atoms with E-state index >= 15 is 0 Å². The molecule has 3 aliphatic rings. The van der Waals surface area contributed by atoms with Crippen molar-refractivity contribution in [3.63, 3.8) is 0 Å². The molecule has 3 heterocycles. The zero-order valence-corrected chi connectivity index (χ0v) is 14.2. The number of rotatable bonds is 4. The van der Waals surface area contributed by atoms with Gasteiger partial charge in [0.25, 0.3) is 0 Å². The minimum Gasteiger partial charge on any atom is -0.378 e. The van der Waals surface area contributed by atoms with Crippen LogP contribution in [0.5, 0.6) is 0 Å². The highest BCUT2D eigenvalue weighted by molar-refractivity contribution is 5.53. The number of aromatic nitrogens is 2. The summed E-state index contributed by atoms with van der Waals surface area (Å²) in [6.45, 7) is 5.61. The molecule has 3 fully saturated rings. The second-order valence-corrected chi connectivity index (χ2v) is 7.10. The van der Waals surface area contributed by atoms with E-state index in [4.69, 9.17) is 4.74 Å². The second kappa shape index (κ2) is 6.19. The molecule has 2 aliphatic heterocycles. The molecular weight excluding hydrogens is 314 g/mol. The molecule has 130 valence electrons. The second-order valence-electron chi connectivity index (χ2n) is 7.10. The number of piperidine rings is 1. The summed E-state index contributed by atoms with van der Waals surface area (Å²) in [7, 11) is 0. The van der Waals surface area contributed by atoms with E-state index in [1.807, 2.05) is 0 Å². The molecule has 2 aromatic rings. The Bertz CT molecular complexity index is 722. The predicted octanol–water partition coefficient (Wildman–Crippen LogP) is 1.86. The lowest BCUT2D eigenvalue weighted by atomic mass is 10.2. The molecule has 5 rings (SSSR count). The van der Waals surface area contributed by atoms with Gasteiger partial charge in [-0.2, -0.15) is 0 Å². The van der Waals surface area contributed by atoms with Gasteiger partial charge in [-0.05, 0) is 12.1 Å². The van der Waals surface area contributed by atoms with Crippen LogP contribution in [0.15, 0.2) is 42.7 Å². The molecule has 0 amide bonds. The Balaban J connectivity index is 1.21. The lowest BCUT2D eigenvalue weighted by molar-refractivity contribution is 0.122. The van der Waals surface area contributed by atoms with E-state index in [1.165, 1.54) is 5.69 Å². The van der Waals surface area contributed by atoms with Crippen LogP contribution >= 0.6 is 0 Å². The molecule has 2 saturated heterocycles. The van der Waals surface area contributed by atoms with Gasteiger partial charge in [-0.15, -0.1) is 0 Å². The number of fused-ring (bicyclic) bond motifs is 1. The molecule has 6 nitrogen and oxygen atoms in total. The number of morpholine rings is 1. The third-order valence-corrected chi connectivity index (χ3v) is 5.62. The van der Waals surface area contributed by atoms with E-state index in [0.717, 1.165) is 62.9 Å². The van der Waals surface area contributed by atoms with Gasteiger partial charge in [-0.25, -0.2) is 9.97 Å². The lowest BCUT2D eigenvalue weighted by Crippen LogP contribution is -2.36. The van der Waals surface area contributed by atoms with Crippen molar-refractivity contribution < 1.29 is 4.74 Å². The number of benzene rings is 1. The Hall–Kier alpha value is -2.34. The summed E-state index contributed by atoms with van der Waals surface area (Å²) in [5.74, 6) is 3.39. The first-order chi connectivity index (χ1) is 12.4. The minimum absolute atomic E-state index is 0.549. The standard InChI is InChI=1S/C19H23N5O/c1-2-4-14(5-3-1)24-11-15-16(12-24)19(15)22-17-10-18(21-13-20-17)23-6-8-25-9-7-23/h1-5,10,13,15-16,19H,6-9,11-12H2,(H,20,21,22)/t15-,16+,19?. The Morgan fingerprint density at radius 1 is 0.960 bits per heavy atom. The molecule has 6 heteroatoms. The van der Waals surface area contributed by atoms with Crippen molar-refractivity contribution in [1.29, 1.82) is 0 Å². The smallest absolute Gasteiger partial charge is 0.134 e. The van der Waals surface area contributed by atoms with Gasteiger partial charge in [0.2, 0.25) is 0 Å². The Morgan fingerprint density at radius 3 is 2.48 bits per heavy atom. The summed E-state index contributed by atoms with van der Waals surface area (Å²) in [5.41, 5.74) is 1.34. The molecule has 0 spiro atoms. The normalized spacial score (nSPS) is 27.9. The highest BCUT2D eigenvalue weighted by atomic mass is 16.5. The topological polar surface area (TPSA) is 53.5 Å². The first-order valence-corrected chi connectivity index (χ1v) is 9.10. The van der Waals surface area contributed by atoms with Crippen molar-refractivity contribution in [2.24, 2.45) is 11.8 Å². The lowest BCUT2D eigenvalue weighted by Gasteiger charge is -2.28. The van der Waals surface area contributed by atoms with Gasteiger partial charge < -0.3 is 19.9 Å². The van der Waals surface area contributed by atoms with E-state index in [0.29, 0.717) is 6.04 Å². The first kappa shape index (κ1) is 15.0. The zero-order chi connectivity index (χ0) is 16.6. The third kappa shape index (κ3) is 2.91. The van der Waals surface area contributed by atoms with Crippen LogP contribution in [0.1, 0.15) is 0 Å². The maximum absolute atomic E-state index is 5.42. The van der Waals surface area contributed by atoms with E-state index in [9.17, 15) is 0 Å². The number of nitrogens with zero attached hydrogens (tertiary/aromatic N) is 4. The maximum Gasteiger partial charge on any atom is 0.134 e. The number of nitrogens with one attached hydrogen (secondary N) is 1. The van der Waals surface area contributed by atoms with Gasteiger partial charge in [0, 0.05) is 55.8 Å². The first-order valence-electron chi connectivity index (χ1n) is 9.10. The molecule has 0 bridgehead atoms. The number of hydrogen-bond acceptors (Lipinski definition) is 6. The van der Waals surface area contributed by atoms with Gasteiger partial charge in [0.05, 0.1) is 13.2 Å². The van der Waals surface area contributed by atoms with E-state index < -0.39 is 0 Å². The van der Waals surface area contributed by atoms with Crippen LogP contribution in [0.25, 0.3) is 0 Å². The molecule has 1 aliphatic carbocycles. The van der Waals surface area contributed by atoms with E-state index in [1.54, 1.807) is 6.33 Å². The average Bonchev–Trinajstić information content (AvgIpc) is 3.12. The van der Waals surface area contributed by atoms with Crippen molar-refractivity contribution in [2.75, 3.05) is 54.5 Å². The van der Waals surface area contributed by atoms with Gasteiger partial charge >= 0.3 is 0 Å². The molecule has 1 aromatic carbocycles. The Morgan fingerprint density at radius 2 is 1.72 bits per heavy atom. The fraction of sp³-hybridized carbons (Fsp3) is 0.474. The van der Waals surface area contributed by atoms with Crippen LogP contribution in [0.2, 0.25) is 0 Å². The monoisotopic (exact) mass is 337 g/mol. The van der Waals surface area contributed by atoms with Crippen molar-refractivity contribution in [3.8, 4) is 0 Å². The molecule has 1 saturated carbocycles. The molecular formula is C19H23N5O.